The summed E-state index contributed by atoms with van der Waals surface area (Å²) in [7, 11) is -1.98. The molecular formula is C28H33ClN2O3S. The third-order valence-electron chi connectivity index (χ3n) is 7.02. The molecule has 186 valence electrons. The second kappa shape index (κ2) is 11.6. The summed E-state index contributed by atoms with van der Waals surface area (Å²) in [5.74, 6) is 0.576. The third-order valence-corrected chi connectivity index (χ3v) is 9.16. The number of phenols is 1. The topological polar surface area (TPSA) is 60.9 Å². The number of hydrogen-bond donors (Lipinski definition) is 1. The quantitative estimate of drug-likeness (QED) is 0.398. The number of aromatic hydroxyl groups is 1. The highest BCUT2D eigenvalue weighted by Gasteiger charge is 2.26. The van der Waals surface area contributed by atoms with Crippen LogP contribution in [0.1, 0.15) is 42.2 Å². The average Bonchev–Trinajstić information content (AvgIpc) is 2.89. The number of benzene rings is 3. The molecule has 1 aliphatic heterocycles. The third kappa shape index (κ3) is 6.44. The van der Waals surface area contributed by atoms with Crippen LogP contribution in [0.25, 0.3) is 0 Å². The van der Waals surface area contributed by atoms with E-state index in [9.17, 15) is 13.5 Å². The van der Waals surface area contributed by atoms with Gasteiger partial charge in [-0.05, 0) is 86.1 Å². The summed E-state index contributed by atoms with van der Waals surface area (Å²) >= 11 is 6.21. The van der Waals surface area contributed by atoms with E-state index >= 15 is 0 Å². The highest BCUT2D eigenvalue weighted by Crippen LogP contribution is 2.32. The van der Waals surface area contributed by atoms with Crippen molar-refractivity contribution in [1.82, 2.24) is 9.21 Å². The number of hydrogen-bond acceptors (Lipinski definition) is 4. The first-order chi connectivity index (χ1) is 16.8. The Morgan fingerprint density at radius 2 is 1.63 bits per heavy atom. The second-order valence-corrected chi connectivity index (χ2v) is 11.8. The van der Waals surface area contributed by atoms with Crippen molar-refractivity contribution in [1.29, 1.82) is 0 Å². The lowest BCUT2D eigenvalue weighted by Crippen LogP contribution is -2.36. The van der Waals surface area contributed by atoms with Gasteiger partial charge in [-0.2, -0.15) is 0 Å². The standard InChI is InChI=1S/C28H33ClN2O3S/c1-30(35(33,34)26-10-6-3-7-11-26)21-25(24-12-13-28(32)27(29)20-24)16-19-31-17-14-23(15-18-31)22-8-4-2-5-9-22/h2-13,20,23,25,32H,14-19,21H2,1H3. The first-order valence-corrected chi connectivity index (χ1v) is 13.9. The molecule has 7 heteroatoms. The molecule has 35 heavy (non-hydrogen) atoms. The highest BCUT2D eigenvalue weighted by atomic mass is 35.5. The van der Waals surface area contributed by atoms with Crippen LogP contribution in [0.3, 0.4) is 0 Å². The maximum atomic E-state index is 13.1. The zero-order chi connectivity index (χ0) is 24.8. The van der Waals surface area contributed by atoms with Gasteiger partial charge in [0.15, 0.2) is 0 Å². The second-order valence-electron chi connectivity index (χ2n) is 9.32. The van der Waals surface area contributed by atoms with Gasteiger partial charge in [-0.25, -0.2) is 12.7 Å². The van der Waals surface area contributed by atoms with E-state index in [1.807, 2.05) is 6.07 Å². The molecule has 1 heterocycles. The monoisotopic (exact) mass is 512 g/mol. The van der Waals surface area contributed by atoms with Gasteiger partial charge < -0.3 is 10.0 Å². The molecule has 0 amide bonds. The molecule has 0 aliphatic carbocycles. The van der Waals surface area contributed by atoms with Gasteiger partial charge in [-0.15, -0.1) is 0 Å². The Kier molecular flexibility index (Phi) is 8.50. The molecule has 1 N–H and O–H groups in total. The van der Waals surface area contributed by atoms with E-state index in [4.69, 9.17) is 11.6 Å². The van der Waals surface area contributed by atoms with E-state index in [0.29, 0.717) is 12.5 Å². The van der Waals surface area contributed by atoms with Gasteiger partial charge >= 0.3 is 0 Å². The predicted octanol–water partition coefficient (Wildman–Crippen LogP) is 5.72. The van der Waals surface area contributed by atoms with Crippen molar-refractivity contribution in [3.8, 4) is 5.75 Å². The van der Waals surface area contributed by atoms with Gasteiger partial charge in [0.1, 0.15) is 5.75 Å². The number of piperidine rings is 1. The van der Waals surface area contributed by atoms with E-state index < -0.39 is 10.0 Å². The van der Waals surface area contributed by atoms with E-state index in [1.54, 1.807) is 49.5 Å². The number of likely N-dealkylation sites (N-methyl/N-ethyl adjacent to an activating group) is 1. The summed E-state index contributed by atoms with van der Waals surface area (Å²) in [6.07, 6.45) is 3.05. The number of phenolic OH excluding ortho intramolecular Hbond substituents is 1. The first kappa shape index (κ1) is 25.7. The molecule has 0 bridgehead atoms. The molecule has 0 spiro atoms. The number of rotatable bonds is 9. The molecule has 1 aliphatic rings. The van der Waals surface area contributed by atoms with Crippen LogP contribution in [0, 0.1) is 0 Å². The fraction of sp³-hybridized carbons (Fsp3) is 0.357. The molecule has 0 aromatic heterocycles. The average molecular weight is 513 g/mol. The van der Waals surface area contributed by atoms with Crippen molar-refractivity contribution in [2.24, 2.45) is 0 Å². The van der Waals surface area contributed by atoms with E-state index in [-0.39, 0.29) is 21.6 Å². The van der Waals surface area contributed by atoms with Crippen LogP contribution >= 0.6 is 11.6 Å². The van der Waals surface area contributed by atoms with Gasteiger partial charge in [0.05, 0.1) is 9.92 Å². The lowest BCUT2D eigenvalue weighted by atomic mass is 9.89. The Labute approximate surface area is 214 Å². The molecule has 0 radical (unpaired) electrons. The molecule has 1 saturated heterocycles. The van der Waals surface area contributed by atoms with Crippen molar-refractivity contribution in [2.75, 3.05) is 33.2 Å². The van der Waals surface area contributed by atoms with Crippen LogP contribution in [0.2, 0.25) is 5.02 Å². The maximum absolute atomic E-state index is 13.1. The fourth-order valence-corrected chi connectivity index (χ4v) is 6.30. The molecule has 1 fully saturated rings. The Morgan fingerprint density at radius 3 is 2.26 bits per heavy atom. The summed E-state index contributed by atoms with van der Waals surface area (Å²) in [6, 6.07) is 24.4. The van der Waals surface area contributed by atoms with Crippen molar-refractivity contribution < 1.29 is 13.5 Å². The Morgan fingerprint density at radius 1 is 1.00 bits per heavy atom. The molecule has 1 unspecified atom stereocenters. The summed E-state index contributed by atoms with van der Waals surface area (Å²) in [4.78, 5) is 2.76. The number of halogens is 1. The molecule has 1 atom stereocenters. The van der Waals surface area contributed by atoms with Crippen molar-refractivity contribution in [3.05, 3.63) is 95.0 Å². The van der Waals surface area contributed by atoms with Crippen LogP contribution in [0.5, 0.6) is 5.75 Å². The molecule has 0 saturated carbocycles. The normalized spacial score (nSPS) is 16.4. The smallest absolute Gasteiger partial charge is 0.242 e. The Bertz CT molecular complexity index is 1200. The predicted molar refractivity (Wildman–Crippen MR) is 142 cm³/mol. The summed E-state index contributed by atoms with van der Waals surface area (Å²) in [5, 5.41) is 10.2. The highest BCUT2D eigenvalue weighted by molar-refractivity contribution is 7.89. The number of nitrogens with zero attached hydrogens (tertiary/aromatic N) is 2. The van der Waals surface area contributed by atoms with Gasteiger partial charge in [-0.1, -0.05) is 66.2 Å². The first-order valence-electron chi connectivity index (χ1n) is 12.1. The zero-order valence-electron chi connectivity index (χ0n) is 20.1. The van der Waals surface area contributed by atoms with Crippen molar-refractivity contribution in [2.45, 2.75) is 36.0 Å². The van der Waals surface area contributed by atoms with Gasteiger partial charge in [0, 0.05) is 13.6 Å². The van der Waals surface area contributed by atoms with Crippen molar-refractivity contribution >= 4 is 21.6 Å². The summed E-state index contributed by atoms with van der Waals surface area (Å²) in [5.41, 5.74) is 2.35. The van der Waals surface area contributed by atoms with Gasteiger partial charge in [0.2, 0.25) is 10.0 Å². The summed E-state index contributed by atoms with van der Waals surface area (Å²) in [6.45, 7) is 3.27. The Balaban J connectivity index is 1.44. The zero-order valence-corrected chi connectivity index (χ0v) is 21.6. The molecule has 3 aromatic carbocycles. The van der Waals surface area contributed by atoms with E-state index in [1.165, 1.54) is 9.87 Å². The molecular weight excluding hydrogens is 480 g/mol. The van der Waals surface area contributed by atoms with Crippen LogP contribution in [0.15, 0.2) is 83.8 Å². The minimum atomic E-state index is -3.60. The van der Waals surface area contributed by atoms with Crippen LogP contribution < -0.4 is 0 Å². The van der Waals surface area contributed by atoms with Crippen LogP contribution in [-0.4, -0.2) is 56.0 Å². The summed E-state index contributed by atoms with van der Waals surface area (Å²) < 4.78 is 27.7. The molecule has 3 aromatic rings. The number of sulfonamides is 1. The minimum absolute atomic E-state index is 0.0300. The SMILES string of the molecule is CN(CC(CCN1CCC(c2ccccc2)CC1)c1ccc(O)c(Cl)c1)S(=O)(=O)c1ccccc1. The van der Waals surface area contributed by atoms with Gasteiger partial charge in [-0.3, -0.25) is 0 Å². The molecule has 4 rings (SSSR count). The van der Waals surface area contributed by atoms with Crippen LogP contribution in [0.4, 0.5) is 0 Å². The number of likely N-dealkylation sites (tertiary alicyclic amines) is 1. The minimum Gasteiger partial charge on any atom is -0.506 e. The largest absolute Gasteiger partial charge is 0.506 e. The maximum Gasteiger partial charge on any atom is 0.242 e. The Hall–Kier alpha value is -2.38. The van der Waals surface area contributed by atoms with Gasteiger partial charge in [0.25, 0.3) is 0 Å². The van der Waals surface area contributed by atoms with Crippen molar-refractivity contribution in [3.63, 3.8) is 0 Å². The van der Waals surface area contributed by atoms with Crippen LogP contribution in [-0.2, 0) is 10.0 Å². The fourth-order valence-electron chi connectivity index (χ4n) is 4.87. The molecule has 5 nitrogen and oxygen atoms in total. The van der Waals surface area contributed by atoms with E-state index in [0.717, 1.165) is 44.5 Å². The lowest BCUT2D eigenvalue weighted by Gasteiger charge is -2.33. The van der Waals surface area contributed by atoms with E-state index in [2.05, 4.69) is 35.2 Å². The lowest BCUT2D eigenvalue weighted by molar-refractivity contribution is 0.203.